The maximum Gasteiger partial charge on any atom is 0.145 e. The summed E-state index contributed by atoms with van der Waals surface area (Å²) < 4.78 is 0.702. The maximum atomic E-state index is 11.4. The highest BCUT2D eigenvalue weighted by Crippen LogP contribution is 2.36. The Labute approximate surface area is 88.4 Å². The van der Waals surface area contributed by atoms with Crippen molar-refractivity contribution in [1.29, 1.82) is 0 Å². The van der Waals surface area contributed by atoms with E-state index in [1.165, 1.54) is 6.42 Å². The van der Waals surface area contributed by atoms with Crippen LogP contribution < -0.4 is 0 Å². The molecule has 2 atom stereocenters. The highest BCUT2D eigenvalue weighted by molar-refractivity contribution is 14.1. The largest absolute Gasteiger partial charge is 0.299 e. The normalized spacial score (nSPS) is 29.7. The number of hydrogen-bond donors (Lipinski definition) is 0. The summed E-state index contributed by atoms with van der Waals surface area (Å²) in [4.78, 5) is 11.4. The Morgan fingerprint density at radius 1 is 1.50 bits per heavy atom. The van der Waals surface area contributed by atoms with Crippen LogP contribution in [0.1, 0.15) is 33.1 Å². The molecule has 12 heavy (non-hydrogen) atoms. The van der Waals surface area contributed by atoms with Crippen LogP contribution in [0.15, 0.2) is 0 Å². The molecular formula is C10H17IO. The van der Waals surface area contributed by atoms with Gasteiger partial charge in [-0.25, -0.2) is 0 Å². The second-order valence-electron chi connectivity index (χ2n) is 4.11. The summed E-state index contributed by atoms with van der Waals surface area (Å²) in [5.74, 6) is 2.44. The average Bonchev–Trinajstić information content (AvgIpc) is 2.51. The zero-order valence-electron chi connectivity index (χ0n) is 7.85. The van der Waals surface area contributed by atoms with Crippen LogP contribution in [0, 0.1) is 17.8 Å². The zero-order chi connectivity index (χ0) is 9.14. The Morgan fingerprint density at radius 3 is 2.58 bits per heavy atom. The maximum absolute atomic E-state index is 11.4. The first-order valence-electron chi connectivity index (χ1n) is 4.73. The highest BCUT2D eigenvalue weighted by atomic mass is 127. The van der Waals surface area contributed by atoms with Gasteiger partial charge in [-0.05, 0) is 31.1 Å². The van der Waals surface area contributed by atoms with Gasteiger partial charge in [-0.1, -0.05) is 36.4 Å². The van der Waals surface area contributed by atoms with Crippen LogP contribution >= 0.6 is 22.6 Å². The molecule has 0 aromatic heterocycles. The number of carbonyl (C=O) groups excluding carboxylic acids is 1. The van der Waals surface area contributed by atoms with E-state index in [0.717, 1.165) is 24.7 Å². The summed E-state index contributed by atoms with van der Waals surface area (Å²) in [7, 11) is 0. The number of carbonyl (C=O) groups is 1. The topological polar surface area (TPSA) is 17.1 Å². The summed E-state index contributed by atoms with van der Waals surface area (Å²) in [6.45, 7) is 4.53. The molecule has 1 saturated carbocycles. The van der Waals surface area contributed by atoms with Crippen LogP contribution in [0.2, 0.25) is 0 Å². The number of alkyl halides is 1. The summed E-state index contributed by atoms with van der Waals surface area (Å²) in [6.07, 6.45) is 3.56. The van der Waals surface area contributed by atoms with Gasteiger partial charge in [0.05, 0.1) is 4.43 Å². The molecule has 1 aliphatic rings. The van der Waals surface area contributed by atoms with E-state index in [0.29, 0.717) is 16.1 Å². The third-order valence-corrected chi connectivity index (χ3v) is 3.75. The second kappa shape index (κ2) is 4.58. The van der Waals surface area contributed by atoms with Gasteiger partial charge in [-0.2, -0.15) is 0 Å². The average molecular weight is 280 g/mol. The predicted octanol–water partition coefficient (Wildman–Crippen LogP) is 3.06. The molecule has 2 heteroatoms. The van der Waals surface area contributed by atoms with E-state index in [1.54, 1.807) is 0 Å². The highest BCUT2D eigenvalue weighted by Gasteiger charge is 2.30. The van der Waals surface area contributed by atoms with E-state index in [1.807, 2.05) is 0 Å². The molecule has 0 N–H and O–H groups in total. The monoisotopic (exact) mass is 280 g/mol. The van der Waals surface area contributed by atoms with Gasteiger partial charge < -0.3 is 0 Å². The Hall–Kier alpha value is 0.400. The van der Waals surface area contributed by atoms with Crippen LogP contribution in [0.4, 0.5) is 0 Å². The Kier molecular flexibility index (Phi) is 4.00. The molecule has 1 fully saturated rings. The van der Waals surface area contributed by atoms with Gasteiger partial charge in [0.15, 0.2) is 0 Å². The predicted molar refractivity (Wildman–Crippen MR) is 59.6 cm³/mol. The molecule has 0 heterocycles. The van der Waals surface area contributed by atoms with Crippen LogP contribution in [0.5, 0.6) is 0 Å². The molecule has 0 spiro atoms. The van der Waals surface area contributed by atoms with E-state index in [9.17, 15) is 4.79 Å². The van der Waals surface area contributed by atoms with Crippen molar-refractivity contribution in [3.05, 3.63) is 0 Å². The summed E-state index contributed by atoms with van der Waals surface area (Å²) in [5, 5.41) is 0. The van der Waals surface area contributed by atoms with E-state index in [-0.39, 0.29) is 0 Å². The van der Waals surface area contributed by atoms with Crippen molar-refractivity contribution in [3.63, 3.8) is 0 Å². The van der Waals surface area contributed by atoms with Gasteiger partial charge in [-0.3, -0.25) is 4.79 Å². The number of rotatable bonds is 3. The van der Waals surface area contributed by atoms with Crippen molar-refractivity contribution in [2.45, 2.75) is 33.1 Å². The lowest BCUT2D eigenvalue weighted by atomic mass is 9.93. The van der Waals surface area contributed by atoms with E-state index < -0.39 is 0 Å². The molecule has 0 aliphatic heterocycles. The Bertz CT molecular complexity index is 165. The quantitative estimate of drug-likeness (QED) is 0.573. The first-order valence-corrected chi connectivity index (χ1v) is 6.26. The van der Waals surface area contributed by atoms with Crippen molar-refractivity contribution < 1.29 is 4.79 Å². The van der Waals surface area contributed by atoms with E-state index in [2.05, 4.69) is 36.4 Å². The summed E-state index contributed by atoms with van der Waals surface area (Å²) >= 11 is 2.18. The molecule has 1 rings (SSSR count). The third-order valence-electron chi connectivity index (χ3n) is 3.00. The van der Waals surface area contributed by atoms with Crippen molar-refractivity contribution in [3.8, 4) is 0 Å². The number of hydrogen-bond acceptors (Lipinski definition) is 1. The molecule has 0 bridgehead atoms. The smallest absolute Gasteiger partial charge is 0.145 e. The zero-order valence-corrected chi connectivity index (χ0v) is 10.0. The minimum Gasteiger partial charge on any atom is -0.299 e. The molecule has 0 amide bonds. The summed E-state index contributed by atoms with van der Waals surface area (Å²) in [6, 6.07) is 0. The van der Waals surface area contributed by atoms with Crippen molar-refractivity contribution in [2.24, 2.45) is 17.8 Å². The fourth-order valence-electron chi connectivity index (χ4n) is 2.02. The molecule has 2 unspecified atom stereocenters. The lowest BCUT2D eigenvalue weighted by Crippen LogP contribution is -2.13. The minimum absolute atomic E-state index is 0.397. The van der Waals surface area contributed by atoms with Crippen LogP contribution in [0.25, 0.3) is 0 Å². The van der Waals surface area contributed by atoms with Gasteiger partial charge in [0.1, 0.15) is 5.78 Å². The Balaban J connectivity index is 2.40. The molecule has 0 radical (unpaired) electrons. The fraction of sp³-hybridized carbons (Fsp3) is 0.900. The minimum atomic E-state index is 0.397. The lowest BCUT2D eigenvalue weighted by molar-refractivity contribution is -0.119. The van der Waals surface area contributed by atoms with Gasteiger partial charge in [0.2, 0.25) is 0 Å². The summed E-state index contributed by atoms with van der Waals surface area (Å²) in [5.41, 5.74) is 0. The molecule has 0 aromatic carbocycles. The number of halogens is 1. The van der Waals surface area contributed by atoms with Gasteiger partial charge in [0.25, 0.3) is 0 Å². The molecule has 1 aliphatic carbocycles. The number of ketones is 1. The number of Topliss-reactive ketones (excluding diaryl/α,β-unsaturated/α-hetero) is 1. The van der Waals surface area contributed by atoms with Crippen LogP contribution in [-0.2, 0) is 4.79 Å². The SMILES string of the molecule is CC(C)C1CCC(C(=O)CI)C1. The van der Waals surface area contributed by atoms with Gasteiger partial charge in [0, 0.05) is 5.92 Å². The first kappa shape index (κ1) is 10.5. The molecule has 70 valence electrons. The van der Waals surface area contributed by atoms with E-state index in [4.69, 9.17) is 0 Å². The molecule has 1 nitrogen and oxygen atoms in total. The molecular weight excluding hydrogens is 263 g/mol. The van der Waals surface area contributed by atoms with Crippen molar-refractivity contribution in [2.75, 3.05) is 4.43 Å². The van der Waals surface area contributed by atoms with Crippen molar-refractivity contribution >= 4 is 28.4 Å². The van der Waals surface area contributed by atoms with Crippen molar-refractivity contribution in [1.82, 2.24) is 0 Å². The lowest BCUT2D eigenvalue weighted by Gasteiger charge is -2.13. The van der Waals surface area contributed by atoms with Gasteiger partial charge >= 0.3 is 0 Å². The standard InChI is InChI=1S/C10H17IO/c1-7(2)8-3-4-9(5-8)10(12)6-11/h7-9H,3-6H2,1-2H3. The van der Waals surface area contributed by atoms with E-state index >= 15 is 0 Å². The van der Waals surface area contributed by atoms with Crippen LogP contribution in [-0.4, -0.2) is 10.2 Å². The fourth-order valence-corrected chi connectivity index (χ4v) is 2.65. The van der Waals surface area contributed by atoms with Crippen LogP contribution in [0.3, 0.4) is 0 Å². The second-order valence-corrected chi connectivity index (χ2v) is 4.88. The Morgan fingerprint density at radius 2 is 2.17 bits per heavy atom. The first-order chi connectivity index (χ1) is 5.65. The van der Waals surface area contributed by atoms with Gasteiger partial charge in [-0.15, -0.1) is 0 Å². The third kappa shape index (κ3) is 2.44. The molecule has 0 saturated heterocycles. The molecule has 0 aromatic rings.